The highest BCUT2D eigenvalue weighted by molar-refractivity contribution is 5.87. The number of nitrogens with zero attached hydrogens (tertiary/aromatic N) is 1. The van der Waals surface area contributed by atoms with Crippen molar-refractivity contribution in [2.24, 2.45) is 5.73 Å². The SMILES string of the molecule is Cc1ccc(Oc2nc(CN)cc3ccccc23)cc1C. The molecule has 0 spiro atoms. The van der Waals surface area contributed by atoms with E-state index in [1.54, 1.807) is 0 Å². The number of aromatic nitrogens is 1. The normalized spacial score (nSPS) is 10.8. The van der Waals surface area contributed by atoms with Crippen molar-refractivity contribution in [1.29, 1.82) is 0 Å². The van der Waals surface area contributed by atoms with Crippen LogP contribution in [0.5, 0.6) is 11.6 Å². The van der Waals surface area contributed by atoms with E-state index in [0.717, 1.165) is 22.2 Å². The van der Waals surface area contributed by atoms with Gasteiger partial charge in [0.25, 0.3) is 0 Å². The van der Waals surface area contributed by atoms with Crippen molar-refractivity contribution >= 4 is 10.8 Å². The number of benzene rings is 2. The van der Waals surface area contributed by atoms with Gasteiger partial charge in [-0.3, -0.25) is 0 Å². The highest BCUT2D eigenvalue weighted by atomic mass is 16.5. The smallest absolute Gasteiger partial charge is 0.227 e. The predicted octanol–water partition coefficient (Wildman–Crippen LogP) is 4.10. The van der Waals surface area contributed by atoms with Crippen molar-refractivity contribution in [1.82, 2.24) is 4.98 Å². The topological polar surface area (TPSA) is 48.1 Å². The van der Waals surface area contributed by atoms with Gasteiger partial charge in [0.1, 0.15) is 5.75 Å². The van der Waals surface area contributed by atoms with E-state index >= 15 is 0 Å². The summed E-state index contributed by atoms with van der Waals surface area (Å²) in [5.74, 6) is 1.40. The molecule has 0 aliphatic rings. The van der Waals surface area contributed by atoms with Gasteiger partial charge in [0.05, 0.1) is 5.69 Å². The first kappa shape index (κ1) is 13.6. The predicted molar refractivity (Wildman–Crippen MR) is 85.6 cm³/mol. The van der Waals surface area contributed by atoms with Gasteiger partial charge in [-0.1, -0.05) is 24.3 Å². The Morgan fingerprint density at radius 3 is 2.57 bits per heavy atom. The average Bonchev–Trinajstić information content (AvgIpc) is 2.51. The number of aryl methyl sites for hydroxylation is 2. The lowest BCUT2D eigenvalue weighted by molar-refractivity contribution is 0.466. The number of hydrogen-bond acceptors (Lipinski definition) is 3. The van der Waals surface area contributed by atoms with Crippen molar-refractivity contribution in [2.45, 2.75) is 20.4 Å². The molecule has 1 aromatic heterocycles. The van der Waals surface area contributed by atoms with Crippen LogP contribution in [0.3, 0.4) is 0 Å². The number of hydrogen-bond donors (Lipinski definition) is 1. The van der Waals surface area contributed by atoms with E-state index in [2.05, 4.69) is 24.9 Å². The Labute approximate surface area is 124 Å². The fourth-order valence-corrected chi connectivity index (χ4v) is 2.29. The molecule has 0 saturated heterocycles. The molecule has 0 bridgehead atoms. The standard InChI is InChI=1S/C18H18N2O/c1-12-7-8-16(9-13(12)2)21-18-17-6-4-3-5-14(17)10-15(11-19)20-18/h3-10H,11,19H2,1-2H3. The molecule has 0 aliphatic carbocycles. The number of ether oxygens (including phenoxy) is 1. The Kier molecular flexibility index (Phi) is 3.59. The van der Waals surface area contributed by atoms with Crippen LogP contribution in [0.2, 0.25) is 0 Å². The summed E-state index contributed by atoms with van der Waals surface area (Å²) in [5, 5.41) is 2.08. The van der Waals surface area contributed by atoms with Crippen molar-refractivity contribution in [3.8, 4) is 11.6 Å². The zero-order valence-corrected chi connectivity index (χ0v) is 12.3. The van der Waals surface area contributed by atoms with Crippen LogP contribution in [0, 0.1) is 13.8 Å². The lowest BCUT2D eigenvalue weighted by Gasteiger charge is -2.11. The quantitative estimate of drug-likeness (QED) is 0.784. The molecule has 3 heteroatoms. The molecule has 21 heavy (non-hydrogen) atoms. The minimum atomic E-state index is 0.397. The van der Waals surface area contributed by atoms with E-state index in [4.69, 9.17) is 10.5 Å². The molecule has 1 heterocycles. The van der Waals surface area contributed by atoms with Crippen LogP contribution in [-0.4, -0.2) is 4.98 Å². The van der Waals surface area contributed by atoms with Gasteiger partial charge < -0.3 is 10.5 Å². The van der Waals surface area contributed by atoms with Crippen molar-refractivity contribution in [3.05, 3.63) is 65.4 Å². The minimum absolute atomic E-state index is 0.397. The van der Waals surface area contributed by atoms with Gasteiger partial charge in [-0.25, -0.2) is 4.98 Å². The van der Waals surface area contributed by atoms with Gasteiger partial charge in [0, 0.05) is 11.9 Å². The maximum Gasteiger partial charge on any atom is 0.227 e. The minimum Gasteiger partial charge on any atom is -0.438 e. The Hall–Kier alpha value is -2.39. The van der Waals surface area contributed by atoms with Crippen LogP contribution in [0.1, 0.15) is 16.8 Å². The first-order valence-electron chi connectivity index (χ1n) is 7.01. The summed E-state index contributed by atoms with van der Waals surface area (Å²) in [4.78, 5) is 4.52. The maximum atomic E-state index is 6.00. The third-order valence-electron chi connectivity index (χ3n) is 3.66. The molecule has 106 valence electrons. The number of nitrogens with two attached hydrogens (primary N) is 1. The van der Waals surface area contributed by atoms with Crippen LogP contribution < -0.4 is 10.5 Å². The van der Waals surface area contributed by atoms with E-state index in [-0.39, 0.29) is 0 Å². The van der Waals surface area contributed by atoms with Gasteiger partial charge in [0.2, 0.25) is 5.88 Å². The van der Waals surface area contributed by atoms with E-state index in [1.807, 2.05) is 42.5 Å². The second kappa shape index (κ2) is 5.54. The van der Waals surface area contributed by atoms with Crippen LogP contribution >= 0.6 is 0 Å². The van der Waals surface area contributed by atoms with Crippen molar-refractivity contribution < 1.29 is 4.74 Å². The third-order valence-corrected chi connectivity index (χ3v) is 3.66. The van der Waals surface area contributed by atoms with Gasteiger partial charge in [-0.15, -0.1) is 0 Å². The average molecular weight is 278 g/mol. The van der Waals surface area contributed by atoms with Crippen LogP contribution in [0.15, 0.2) is 48.5 Å². The van der Waals surface area contributed by atoms with Gasteiger partial charge in [0.15, 0.2) is 0 Å². The molecule has 3 nitrogen and oxygen atoms in total. The summed E-state index contributed by atoms with van der Waals surface area (Å²) in [7, 11) is 0. The Balaban J connectivity index is 2.08. The molecule has 0 aliphatic heterocycles. The molecule has 0 radical (unpaired) electrons. The second-order valence-electron chi connectivity index (χ2n) is 5.19. The van der Waals surface area contributed by atoms with Gasteiger partial charge in [-0.05, 0) is 54.6 Å². The highest BCUT2D eigenvalue weighted by Gasteiger charge is 2.08. The zero-order valence-electron chi connectivity index (χ0n) is 12.3. The largest absolute Gasteiger partial charge is 0.438 e. The van der Waals surface area contributed by atoms with E-state index in [9.17, 15) is 0 Å². The highest BCUT2D eigenvalue weighted by Crippen LogP contribution is 2.29. The summed E-state index contributed by atoms with van der Waals surface area (Å²) in [6, 6.07) is 16.1. The monoisotopic (exact) mass is 278 g/mol. The molecule has 0 amide bonds. The Morgan fingerprint density at radius 1 is 1.00 bits per heavy atom. The zero-order chi connectivity index (χ0) is 14.8. The number of rotatable bonds is 3. The fourth-order valence-electron chi connectivity index (χ4n) is 2.29. The summed E-state index contributed by atoms with van der Waals surface area (Å²) >= 11 is 0. The van der Waals surface area contributed by atoms with E-state index in [1.165, 1.54) is 11.1 Å². The molecule has 3 rings (SSSR count). The molecule has 0 atom stereocenters. The molecule has 2 aromatic carbocycles. The van der Waals surface area contributed by atoms with E-state index in [0.29, 0.717) is 12.4 Å². The second-order valence-corrected chi connectivity index (χ2v) is 5.19. The molecule has 2 N–H and O–H groups in total. The van der Waals surface area contributed by atoms with Crippen LogP contribution in [-0.2, 0) is 6.54 Å². The molecule has 3 aromatic rings. The molecule has 0 fully saturated rings. The first-order chi connectivity index (χ1) is 10.2. The fraction of sp³-hybridized carbons (Fsp3) is 0.167. The molecule has 0 unspecified atom stereocenters. The van der Waals surface area contributed by atoms with E-state index < -0.39 is 0 Å². The molecule has 0 saturated carbocycles. The first-order valence-corrected chi connectivity index (χ1v) is 7.01. The number of fused-ring (bicyclic) bond motifs is 1. The molecular formula is C18H18N2O. The Bertz CT molecular complexity index is 796. The lowest BCUT2D eigenvalue weighted by Crippen LogP contribution is -2.01. The van der Waals surface area contributed by atoms with Crippen molar-refractivity contribution in [2.75, 3.05) is 0 Å². The van der Waals surface area contributed by atoms with Crippen molar-refractivity contribution in [3.63, 3.8) is 0 Å². The summed E-state index contributed by atoms with van der Waals surface area (Å²) in [6.07, 6.45) is 0. The molecular weight excluding hydrogens is 260 g/mol. The van der Waals surface area contributed by atoms with Gasteiger partial charge in [-0.2, -0.15) is 0 Å². The van der Waals surface area contributed by atoms with Gasteiger partial charge >= 0.3 is 0 Å². The third kappa shape index (κ3) is 2.73. The summed E-state index contributed by atoms with van der Waals surface area (Å²) < 4.78 is 6.00. The van der Waals surface area contributed by atoms with Crippen LogP contribution in [0.4, 0.5) is 0 Å². The number of pyridine rings is 1. The summed E-state index contributed by atoms with van der Waals surface area (Å²) in [5.41, 5.74) is 9.00. The summed E-state index contributed by atoms with van der Waals surface area (Å²) in [6.45, 7) is 4.56. The lowest BCUT2D eigenvalue weighted by atomic mass is 10.1. The van der Waals surface area contributed by atoms with Crippen LogP contribution in [0.25, 0.3) is 10.8 Å². The Morgan fingerprint density at radius 2 is 1.81 bits per heavy atom. The maximum absolute atomic E-state index is 6.00.